The standard InChI is InChI=1S/C42H52N5O6.C9H11NO2.In/c1-8-46-33-14-13-26-22-30(33)35-36(46)29-11-9-15-43-38(29)42(6,52-7)37(35)41(4,5)23-53-40(51)31-12-10-16-47(45-31)39(50)32(44-34(49)17-24(2)3)20-25-18-27(26)21-28(48)19-25;1-3-8(12)10-5-9(4-2,6-10)7-11;/h9,11,13-15,17-19,22,24,27,31-32,37,45,48H,8,10,12,16,20-21,23H2,1-7H3,(H,44,49);3H,1-2,4-6H2;/t27?,31-,32?,37?,42+;;/m0../s1. The summed E-state index contributed by atoms with van der Waals surface area (Å²) in [6.45, 7) is 17.7. The van der Waals surface area contributed by atoms with Crippen molar-refractivity contribution in [1.82, 2.24) is 30.2 Å². The van der Waals surface area contributed by atoms with Gasteiger partial charge >= 0.3 is 294 Å². The van der Waals surface area contributed by atoms with Crippen LogP contribution in [0, 0.1) is 16.7 Å². The van der Waals surface area contributed by atoms with Crippen molar-refractivity contribution in [2.75, 3.05) is 33.4 Å². The average Bonchev–Trinajstić information content (AvgIpc) is 3.80. The van der Waals surface area contributed by atoms with Crippen molar-refractivity contribution in [2.24, 2.45) is 16.7 Å². The molecule has 0 radical (unpaired) electrons. The molecule has 3 aromatic rings. The summed E-state index contributed by atoms with van der Waals surface area (Å²) in [4.78, 5) is 77.0. The molecule has 2 aromatic heterocycles. The van der Waals surface area contributed by atoms with Gasteiger partial charge in [0.05, 0.1) is 11.4 Å². The number of nitrogens with zero attached hydrogens (tertiary/aromatic N) is 4. The van der Waals surface area contributed by atoms with Gasteiger partial charge in [-0.15, -0.1) is 0 Å². The summed E-state index contributed by atoms with van der Waals surface area (Å²) in [6.07, 6.45) is 8.94. The van der Waals surface area contributed by atoms with Crippen molar-refractivity contribution in [1.29, 1.82) is 0 Å². The van der Waals surface area contributed by atoms with Crippen LogP contribution in [-0.2, 0) is 45.6 Å². The van der Waals surface area contributed by atoms with E-state index >= 15 is 0 Å². The molecule has 1 spiro atoms. The summed E-state index contributed by atoms with van der Waals surface area (Å²) in [5.41, 5.74) is 7.66. The van der Waals surface area contributed by atoms with Gasteiger partial charge < -0.3 is 9.30 Å². The average molecular weight is 1000 g/mol. The number of hydrogen-bond acceptors (Lipinski definition) is 10. The van der Waals surface area contributed by atoms with E-state index in [0.29, 0.717) is 61.6 Å². The van der Waals surface area contributed by atoms with Crippen molar-refractivity contribution in [2.45, 2.75) is 118 Å². The number of aryl methyl sites for hydroxylation is 1. The number of nitrogens with one attached hydrogen (secondary N) is 2. The van der Waals surface area contributed by atoms with E-state index < -0.39 is 65.5 Å². The second kappa shape index (κ2) is 17.4. The Kier molecular flexibility index (Phi) is 12.2. The molecule has 4 aliphatic heterocycles. The molecule has 6 aliphatic rings. The molecule has 6 atom stereocenters. The first-order chi connectivity index (χ1) is 31.4. The number of methoxy groups -OCH3 is 1. The zero-order chi connectivity index (χ0) is 47.0. The number of rotatable bonds is 7. The number of benzene rings is 1. The minimum absolute atomic E-state index is 0.0555. The van der Waals surface area contributed by atoms with Crippen LogP contribution in [0.4, 0.5) is 0 Å². The molecule has 6 bridgehead atoms. The number of amides is 3. The Labute approximate surface area is 394 Å². The summed E-state index contributed by atoms with van der Waals surface area (Å²) in [5, 5.41) is 17.1. The van der Waals surface area contributed by atoms with Crippen LogP contribution in [0.1, 0.15) is 102 Å². The van der Waals surface area contributed by atoms with Crippen molar-refractivity contribution in [3.05, 3.63) is 89.5 Å². The van der Waals surface area contributed by atoms with Crippen LogP contribution in [0.25, 0.3) is 22.2 Å². The van der Waals surface area contributed by atoms with E-state index in [1.807, 2.05) is 19.9 Å². The first-order valence-corrected chi connectivity index (χ1v) is 29.6. The van der Waals surface area contributed by atoms with Crippen LogP contribution < -0.4 is 10.7 Å². The van der Waals surface area contributed by atoms with Crippen molar-refractivity contribution in [3.8, 4) is 11.3 Å². The van der Waals surface area contributed by atoms with Gasteiger partial charge in [0.25, 0.3) is 0 Å². The molecule has 14 nitrogen and oxygen atoms in total. The molecule has 348 valence electrons. The predicted octanol–water partition coefficient (Wildman–Crippen LogP) is 6.54. The Morgan fingerprint density at radius 2 is 1.92 bits per heavy atom. The van der Waals surface area contributed by atoms with Gasteiger partial charge in [0, 0.05) is 31.3 Å². The molecular weight excluding hydrogens is 939 g/mol. The molecule has 0 saturated carbocycles. The van der Waals surface area contributed by atoms with Gasteiger partial charge in [0.1, 0.15) is 5.60 Å². The summed E-state index contributed by atoms with van der Waals surface area (Å²) in [7, 11) is 1.71. The number of cyclic esters (lactones) is 1. The molecule has 2 aliphatic carbocycles. The number of likely N-dealkylation sites (tertiary alicyclic amines) is 1. The normalized spacial score (nSPS) is 27.4. The van der Waals surface area contributed by atoms with Gasteiger partial charge in [0.15, 0.2) is 0 Å². The van der Waals surface area contributed by atoms with E-state index in [1.54, 1.807) is 24.3 Å². The fourth-order valence-electron chi connectivity index (χ4n) is 12.6. The second-order valence-electron chi connectivity index (χ2n) is 20.7. The molecule has 3 unspecified atom stereocenters. The number of aliphatic hydroxyl groups is 1. The molecule has 3 saturated heterocycles. The number of hydrazine groups is 1. The third-order valence-electron chi connectivity index (χ3n) is 15.7. The number of aliphatic hydroxyl groups excluding tert-OH is 1. The van der Waals surface area contributed by atoms with Crippen LogP contribution in [0.15, 0.2) is 72.7 Å². The number of aromatic nitrogens is 2. The minimum atomic E-state index is -3.32. The Bertz CT molecular complexity index is 2590. The molecule has 9 rings (SSSR count). The number of ether oxygens (including phenoxy) is 2. The molecule has 6 heterocycles. The molecule has 15 heteroatoms. The first kappa shape index (κ1) is 46.4. The number of carbonyl (C=O) groups is 5. The number of allylic oxidation sites excluding steroid dienone is 3. The summed E-state index contributed by atoms with van der Waals surface area (Å²) in [6, 6.07) is 8.65. The number of carbonyl (C=O) groups excluding carboxylic acids is 5. The van der Waals surface area contributed by atoms with Crippen LogP contribution in [0.2, 0.25) is 7.85 Å². The van der Waals surface area contributed by atoms with Gasteiger partial charge in [-0.2, -0.15) is 0 Å². The molecule has 1 aromatic carbocycles. The number of esters is 1. The van der Waals surface area contributed by atoms with E-state index in [-0.39, 0.29) is 51.9 Å². The first-order valence-electron chi connectivity index (χ1n) is 23.7. The van der Waals surface area contributed by atoms with E-state index in [9.17, 15) is 29.1 Å². The van der Waals surface area contributed by atoms with Crippen LogP contribution in [0.5, 0.6) is 0 Å². The zero-order valence-corrected chi connectivity index (χ0v) is 42.6. The van der Waals surface area contributed by atoms with Crippen LogP contribution >= 0.6 is 0 Å². The molecule has 3 N–H and O–H groups in total. The predicted molar refractivity (Wildman–Crippen MR) is 251 cm³/mol. The van der Waals surface area contributed by atoms with Gasteiger partial charge in [-0.1, -0.05) is 13.8 Å². The fourth-order valence-corrected chi connectivity index (χ4v) is 24.9. The van der Waals surface area contributed by atoms with Gasteiger partial charge in [-0.25, -0.2) is 0 Å². The number of pyridine rings is 1. The van der Waals surface area contributed by atoms with Crippen LogP contribution in [0.3, 0.4) is 0 Å². The van der Waals surface area contributed by atoms with E-state index in [0.717, 1.165) is 39.0 Å². The Hall–Kier alpha value is -4.73. The van der Waals surface area contributed by atoms with Crippen LogP contribution in [-0.4, -0.2) is 119 Å². The number of hydrogen-bond donors (Lipinski definition) is 3. The monoisotopic (exact) mass is 1000 g/mol. The topological polar surface area (TPSA) is 172 Å². The SMILES string of the molecule is C=CC(=O)N1CC2(C[CH2][In]([C@H](C(=O)NC3CC4=CC(CC(O)=C4)c4ccc5c(c4)c4c(n5CC)-c5cccnc5[C@](C)(OC)C4C(C)(C)COC(=O)[C@@H]4CCCN(N4)C3=O)C(C)C)[C]2=O)C1. The van der Waals surface area contributed by atoms with Gasteiger partial charge in [-0.05, 0) is 26.0 Å². The Balaban J connectivity index is 1.12. The van der Waals surface area contributed by atoms with E-state index in [1.165, 1.54) is 11.1 Å². The second-order valence-corrected chi connectivity index (χ2v) is 29.4. The van der Waals surface area contributed by atoms with E-state index in [2.05, 4.69) is 79.9 Å². The molecular formula is C51H63InN6O8. The zero-order valence-electron chi connectivity index (χ0n) is 39.3. The van der Waals surface area contributed by atoms with Crippen molar-refractivity contribution >= 4 is 59.6 Å². The van der Waals surface area contributed by atoms with Crippen molar-refractivity contribution in [3.63, 3.8) is 0 Å². The molecule has 3 fully saturated rings. The fraction of sp³-hybridized carbons (Fsp3) is 0.529. The summed E-state index contributed by atoms with van der Waals surface area (Å²) >= 11 is -3.32. The summed E-state index contributed by atoms with van der Waals surface area (Å²) in [5.74, 6) is -1.94. The third-order valence-corrected chi connectivity index (χ3v) is 27.5. The maximum absolute atomic E-state index is 14.9. The third kappa shape index (κ3) is 7.64. The van der Waals surface area contributed by atoms with E-state index in [4.69, 9.17) is 14.5 Å². The van der Waals surface area contributed by atoms with Gasteiger partial charge in [0.2, 0.25) is 0 Å². The molecule has 66 heavy (non-hydrogen) atoms. The quantitative estimate of drug-likeness (QED) is 0.175. The Morgan fingerprint density at radius 1 is 1.15 bits per heavy atom. The Morgan fingerprint density at radius 3 is 2.64 bits per heavy atom. The summed E-state index contributed by atoms with van der Waals surface area (Å²) < 4.78 is 15.6. The van der Waals surface area contributed by atoms with Gasteiger partial charge in [-0.3, -0.25) is 4.98 Å². The number of fused-ring (bicyclic) bond motifs is 7. The molecule has 3 amide bonds. The maximum atomic E-state index is 14.9. The van der Waals surface area contributed by atoms with Crippen molar-refractivity contribution < 1.29 is 38.6 Å².